The lowest BCUT2D eigenvalue weighted by atomic mass is 10.1. The Labute approximate surface area is 218 Å². The first kappa shape index (κ1) is 28.9. The minimum atomic E-state index is -2.83. The number of amides is 1. The highest BCUT2D eigenvalue weighted by Crippen LogP contribution is 2.37. The van der Waals surface area contributed by atoms with Gasteiger partial charge in [0, 0.05) is 7.11 Å². The van der Waals surface area contributed by atoms with E-state index < -0.39 is 30.2 Å². The second-order valence-electron chi connectivity index (χ2n) is 8.82. The van der Waals surface area contributed by atoms with Crippen LogP contribution in [-0.4, -0.2) is 50.7 Å². The molecule has 34 heavy (non-hydrogen) atoms. The summed E-state index contributed by atoms with van der Waals surface area (Å²) in [6.07, 6.45) is 0.888. The van der Waals surface area contributed by atoms with Crippen molar-refractivity contribution in [3.05, 3.63) is 73.3 Å². The van der Waals surface area contributed by atoms with Gasteiger partial charge in [0.1, 0.15) is 12.9 Å². The minimum Gasteiger partial charge on any atom is -0.405 e. The molecule has 9 heteroatoms. The zero-order valence-electron chi connectivity index (χ0n) is 19.9. The van der Waals surface area contributed by atoms with Crippen LogP contribution in [0.1, 0.15) is 20.8 Å². The molecule has 2 atom stereocenters. The van der Waals surface area contributed by atoms with Gasteiger partial charge in [0.15, 0.2) is 0 Å². The summed E-state index contributed by atoms with van der Waals surface area (Å²) in [5, 5.41) is 4.69. The standard InChI is InChI=1S/C25H32Cl3NO4Si/c1-6-21(29-23(30)25(26,27)28)22(32-18-31-5)17-33-34(24(2,3)4,19-13-9-7-10-14-19)20-15-11-8-12-16-20/h6-16,21-22H,1,17-18H2,2-5H3,(H,29,30)/t21-,22-/m1/s1. The van der Waals surface area contributed by atoms with Crippen molar-refractivity contribution in [1.29, 1.82) is 0 Å². The van der Waals surface area contributed by atoms with Crippen molar-refractivity contribution in [2.24, 2.45) is 0 Å². The molecule has 1 amide bonds. The average molecular weight is 545 g/mol. The second kappa shape index (κ2) is 12.5. The van der Waals surface area contributed by atoms with Crippen LogP contribution in [0.5, 0.6) is 0 Å². The van der Waals surface area contributed by atoms with Gasteiger partial charge in [0.25, 0.3) is 18.0 Å². The van der Waals surface area contributed by atoms with Crippen LogP contribution in [-0.2, 0) is 18.7 Å². The van der Waals surface area contributed by atoms with E-state index in [9.17, 15) is 4.79 Å². The average Bonchev–Trinajstić information content (AvgIpc) is 2.79. The number of ether oxygens (including phenoxy) is 2. The fraction of sp³-hybridized carbons (Fsp3) is 0.400. The number of carbonyl (C=O) groups excluding carboxylic acids is 1. The molecule has 1 N–H and O–H groups in total. The first-order chi connectivity index (χ1) is 16.0. The maximum absolute atomic E-state index is 12.3. The monoisotopic (exact) mass is 543 g/mol. The number of hydrogen-bond acceptors (Lipinski definition) is 4. The van der Waals surface area contributed by atoms with Gasteiger partial charge in [-0.1, -0.05) is 122 Å². The molecule has 0 aromatic heterocycles. The molecule has 0 radical (unpaired) electrons. The third-order valence-electron chi connectivity index (χ3n) is 5.49. The Hall–Kier alpha value is -1.38. The topological polar surface area (TPSA) is 56.8 Å². The van der Waals surface area contributed by atoms with Crippen molar-refractivity contribution in [3.8, 4) is 0 Å². The summed E-state index contributed by atoms with van der Waals surface area (Å²) in [5.41, 5.74) is 0. The molecule has 2 aromatic rings. The van der Waals surface area contributed by atoms with Crippen molar-refractivity contribution in [2.75, 3.05) is 20.5 Å². The molecule has 0 aliphatic heterocycles. The molecule has 0 aliphatic rings. The van der Waals surface area contributed by atoms with E-state index in [1.807, 2.05) is 36.4 Å². The summed E-state index contributed by atoms with van der Waals surface area (Å²) in [6, 6.07) is 19.8. The molecule has 0 fully saturated rings. The molecule has 0 spiro atoms. The molecule has 5 nitrogen and oxygen atoms in total. The number of rotatable bonds is 11. The van der Waals surface area contributed by atoms with E-state index in [0.717, 1.165) is 10.4 Å². The van der Waals surface area contributed by atoms with Gasteiger partial charge in [-0.05, 0) is 15.4 Å². The summed E-state index contributed by atoms with van der Waals surface area (Å²) < 4.78 is 15.8. The van der Waals surface area contributed by atoms with Crippen molar-refractivity contribution < 1.29 is 18.7 Å². The van der Waals surface area contributed by atoms with Crippen LogP contribution in [0, 0.1) is 0 Å². The zero-order chi connectivity index (χ0) is 25.4. The Morgan fingerprint density at radius 1 is 1.03 bits per heavy atom. The van der Waals surface area contributed by atoms with Crippen LogP contribution in [0.2, 0.25) is 5.04 Å². The van der Waals surface area contributed by atoms with E-state index in [4.69, 9.17) is 48.7 Å². The van der Waals surface area contributed by atoms with Crippen molar-refractivity contribution in [2.45, 2.75) is 41.7 Å². The van der Waals surface area contributed by atoms with Crippen LogP contribution in [0.4, 0.5) is 0 Å². The molecular weight excluding hydrogens is 513 g/mol. The molecule has 2 aromatic carbocycles. The van der Waals surface area contributed by atoms with Crippen molar-refractivity contribution >= 4 is 59.4 Å². The number of carbonyl (C=O) groups is 1. The van der Waals surface area contributed by atoms with Crippen molar-refractivity contribution in [3.63, 3.8) is 0 Å². The maximum atomic E-state index is 12.3. The van der Waals surface area contributed by atoms with Crippen LogP contribution < -0.4 is 15.7 Å². The SMILES string of the molecule is C=C[C@@H](NC(=O)C(Cl)(Cl)Cl)[C@@H](CO[Si](c1ccccc1)(c1ccccc1)C(C)(C)C)OCOC. The first-order valence-corrected chi connectivity index (χ1v) is 13.9. The van der Waals surface area contributed by atoms with E-state index in [1.54, 1.807) is 0 Å². The third-order valence-corrected chi connectivity index (χ3v) is 11.0. The summed E-state index contributed by atoms with van der Waals surface area (Å²) >= 11 is 17.3. The van der Waals surface area contributed by atoms with Crippen molar-refractivity contribution in [1.82, 2.24) is 5.32 Å². The molecule has 0 saturated heterocycles. The molecule has 0 saturated carbocycles. The maximum Gasteiger partial charge on any atom is 0.272 e. The molecule has 0 heterocycles. The van der Waals surface area contributed by atoms with Crippen LogP contribution in [0.3, 0.4) is 0 Å². The molecular formula is C25H32Cl3NO4Si. The minimum absolute atomic E-state index is 0.0112. The van der Waals surface area contributed by atoms with Gasteiger partial charge in [-0.15, -0.1) is 6.58 Å². The van der Waals surface area contributed by atoms with E-state index in [-0.39, 0.29) is 18.4 Å². The quantitative estimate of drug-likeness (QED) is 0.195. The summed E-state index contributed by atoms with van der Waals surface area (Å²) in [6.45, 7) is 10.5. The Bertz CT molecular complexity index is 878. The summed E-state index contributed by atoms with van der Waals surface area (Å²) in [5.74, 6) is -0.779. The predicted octanol–water partition coefficient (Wildman–Crippen LogP) is 4.59. The smallest absolute Gasteiger partial charge is 0.272 e. The highest BCUT2D eigenvalue weighted by atomic mass is 35.6. The Kier molecular flexibility index (Phi) is 10.6. The van der Waals surface area contributed by atoms with E-state index in [2.05, 4.69) is 56.9 Å². The molecule has 2 rings (SSSR count). The van der Waals surface area contributed by atoms with Gasteiger partial charge in [-0.2, -0.15) is 0 Å². The Balaban J connectivity index is 2.49. The summed E-state index contributed by atoms with van der Waals surface area (Å²) in [7, 11) is -1.32. The summed E-state index contributed by atoms with van der Waals surface area (Å²) in [4.78, 5) is 12.3. The van der Waals surface area contributed by atoms with Gasteiger partial charge in [-0.25, -0.2) is 0 Å². The fourth-order valence-electron chi connectivity index (χ4n) is 3.92. The fourth-order valence-corrected chi connectivity index (χ4v) is 8.65. The Morgan fingerprint density at radius 3 is 1.91 bits per heavy atom. The van der Waals surface area contributed by atoms with Gasteiger partial charge < -0.3 is 19.2 Å². The zero-order valence-corrected chi connectivity index (χ0v) is 23.2. The van der Waals surface area contributed by atoms with Crippen LogP contribution >= 0.6 is 34.8 Å². The largest absolute Gasteiger partial charge is 0.405 e. The van der Waals surface area contributed by atoms with Gasteiger partial charge in [-0.3, -0.25) is 4.79 Å². The molecule has 0 bridgehead atoms. The third kappa shape index (κ3) is 7.07. The molecule has 186 valence electrons. The van der Waals surface area contributed by atoms with E-state index >= 15 is 0 Å². The second-order valence-corrected chi connectivity index (χ2v) is 15.4. The predicted molar refractivity (Wildman–Crippen MR) is 143 cm³/mol. The number of methoxy groups -OCH3 is 1. The highest BCUT2D eigenvalue weighted by molar-refractivity contribution is 6.99. The number of benzene rings is 2. The molecule has 0 unspecified atom stereocenters. The number of hydrogen-bond donors (Lipinski definition) is 1. The Morgan fingerprint density at radius 2 is 1.53 bits per heavy atom. The first-order valence-electron chi connectivity index (χ1n) is 10.8. The number of halogens is 3. The van der Waals surface area contributed by atoms with E-state index in [1.165, 1.54) is 13.2 Å². The normalized spacial score (nSPS) is 14.3. The lowest BCUT2D eigenvalue weighted by molar-refractivity contribution is -0.124. The van der Waals surface area contributed by atoms with E-state index in [0.29, 0.717) is 0 Å². The number of nitrogens with one attached hydrogen (secondary N) is 1. The number of alkyl halides is 3. The van der Waals surface area contributed by atoms with Crippen LogP contribution in [0.25, 0.3) is 0 Å². The molecule has 0 aliphatic carbocycles. The lowest BCUT2D eigenvalue weighted by Gasteiger charge is -2.44. The van der Waals surface area contributed by atoms with Crippen LogP contribution in [0.15, 0.2) is 73.3 Å². The highest BCUT2D eigenvalue weighted by Gasteiger charge is 2.50. The van der Waals surface area contributed by atoms with Gasteiger partial charge in [0.2, 0.25) is 0 Å². The van der Waals surface area contributed by atoms with Gasteiger partial charge >= 0.3 is 0 Å². The lowest BCUT2D eigenvalue weighted by Crippen LogP contribution is -2.67. The van der Waals surface area contributed by atoms with Gasteiger partial charge in [0.05, 0.1) is 12.6 Å².